The maximum absolute atomic E-state index is 5.91. The Kier molecular flexibility index (Phi) is 2.82. The average Bonchev–Trinajstić information content (AvgIpc) is 2.29. The van der Waals surface area contributed by atoms with Gasteiger partial charge in [0.2, 0.25) is 0 Å². The van der Waals surface area contributed by atoms with Gasteiger partial charge < -0.3 is 15.2 Å². The summed E-state index contributed by atoms with van der Waals surface area (Å²) in [5.41, 5.74) is 7.30. The summed E-state index contributed by atoms with van der Waals surface area (Å²) in [6.45, 7) is 5.05. The van der Waals surface area contributed by atoms with E-state index in [1.165, 1.54) is 0 Å². The van der Waals surface area contributed by atoms with E-state index in [-0.39, 0.29) is 0 Å². The van der Waals surface area contributed by atoms with Gasteiger partial charge in [-0.25, -0.2) is 9.97 Å². The van der Waals surface area contributed by atoms with Gasteiger partial charge in [0.25, 0.3) is 0 Å². The minimum absolute atomic E-state index is 0.504. The SMILES string of the molecule is COC(C)(C)c1nc(N)c2c(n1)CCOC2. The van der Waals surface area contributed by atoms with Crippen LogP contribution in [-0.4, -0.2) is 23.7 Å². The van der Waals surface area contributed by atoms with E-state index in [1.807, 2.05) is 13.8 Å². The second-order valence-corrected chi connectivity index (χ2v) is 4.37. The highest BCUT2D eigenvalue weighted by Gasteiger charge is 2.26. The number of anilines is 1. The number of hydrogen-bond acceptors (Lipinski definition) is 5. The lowest BCUT2D eigenvalue weighted by Crippen LogP contribution is -2.26. The van der Waals surface area contributed by atoms with E-state index in [0.717, 1.165) is 17.7 Å². The van der Waals surface area contributed by atoms with Crippen molar-refractivity contribution in [2.75, 3.05) is 19.5 Å². The summed E-state index contributed by atoms with van der Waals surface area (Å²) in [6, 6.07) is 0. The van der Waals surface area contributed by atoms with Gasteiger partial charge in [0.15, 0.2) is 5.82 Å². The Morgan fingerprint density at radius 3 is 2.81 bits per heavy atom. The number of nitrogen functional groups attached to an aromatic ring is 1. The van der Waals surface area contributed by atoms with Gasteiger partial charge in [-0.05, 0) is 13.8 Å². The standard InChI is InChI=1S/C11H17N3O2/c1-11(2,15-3)10-13-8-4-5-16-6-7(8)9(12)14-10/h4-6H2,1-3H3,(H2,12,13,14). The first-order valence-electron chi connectivity index (χ1n) is 5.33. The van der Waals surface area contributed by atoms with Gasteiger partial charge in [0, 0.05) is 19.1 Å². The summed E-state index contributed by atoms with van der Waals surface area (Å²) in [6.07, 6.45) is 0.787. The predicted octanol–water partition coefficient (Wildman–Crippen LogP) is 1.01. The topological polar surface area (TPSA) is 70.3 Å². The highest BCUT2D eigenvalue weighted by Crippen LogP contribution is 2.26. The number of fused-ring (bicyclic) bond motifs is 1. The Morgan fingerprint density at radius 2 is 2.12 bits per heavy atom. The molecule has 0 unspecified atom stereocenters. The van der Waals surface area contributed by atoms with Crippen molar-refractivity contribution in [1.82, 2.24) is 9.97 Å². The Bertz CT molecular complexity index is 404. The van der Waals surface area contributed by atoms with Gasteiger partial charge >= 0.3 is 0 Å². The largest absolute Gasteiger partial charge is 0.383 e. The molecule has 5 nitrogen and oxygen atoms in total. The van der Waals surface area contributed by atoms with E-state index < -0.39 is 5.60 Å². The van der Waals surface area contributed by atoms with Crippen LogP contribution < -0.4 is 5.73 Å². The van der Waals surface area contributed by atoms with E-state index in [0.29, 0.717) is 24.9 Å². The molecule has 0 aliphatic carbocycles. The summed E-state index contributed by atoms with van der Waals surface area (Å²) >= 11 is 0. The Morgan fingerprint density at radius 1 is 1.38 bits per heavy atom. The number of nitrogens with zero attached hydrogens (tertiary/aromatic N) is 2. The van der Waals surface area contributed by atoms with Crippen LogP contribution in [-0.2, 0) is 28.1 Å². The minimum atomic E-state index is -0.512. The van der Waals surface area contributed by atoms with Gasteiger partial charge in [0.1, 0.15) is 11.4 Å². The molecule has 0 amide bonds. The molecule has 0 bridgehead atoms. The van der Waals surface area contributed by atoms with E-state index in [4.69, 9.17) is 15.2 Å². The average molecular weight is 223 g/mol. The lowest BCUT2D eigenvalue weighted by Gasteiger charge is -2.24. The van der Waals surface area contributed by atoms with Crippen molar-refractivity contribution in [3.8, 4) is 0 Å². The fraction of sp³-hybridized carbons (Fsp3) is 0.636. The van der Waals surface area contributed by atoms with Crippen LogP contribution in [0.1, 0.15) is 30.9 Å². The molecule has 0 saturated carbocycles. The molecule has 1 aliphatic heterocycles. The number of hydrogen-bond donors (Lipinski definition) is 1. The molecule has 0 fully saturated rings. The Labute approximate surface area is 95.0 Å². The molecule has 0 atom stereocenters. The van der Waals surface area contributed by atoms with Crippen LogP contribution in [0.3, 0.4) is 0 Å². The third kappa shape index (κ3) is 1.88. The fourth-order valence-corrected chi connectivity index (χ4v) is 1.62. The molecule has 16 heavy (non-hydrogen) atoms. The van der Waals surface area contributed by atoms with Crippen molar-refractivity contribution in [3.05, 3.63) is 17.1 Å². The molecule has 1 aromatic heterocycles. The Hall–Kier alpha value is -1.20. The molecule has 0 aromatic carbocycles. The molecule has 0 spiro atoms. The molecule has 88 valence electrons. The zero-order valence-electron chi connectivity index (χ0n) is 9.91. The summed E-state index contributed by atoms with van der Waals surface area (Å²) in [7, 11) is 1.64. The van der Waals surface area contributed by atoms with Gasteiger partial charge in [0.05, 0.1) is 18.9 Å². The van der Waals surface area contributed by atoms with Crippen LogP contribution in [0, 0.1) is 0 Å². The highest BCUT2D eigenvalue weighted by molar-refractivity contribution is 5.43. The molecule has 0 saturated heterocycles. The minimum Gasteiger partial charge on any atom is -0.383 e. The first-order chi connectivity index (χ1) is 7.54. The third-order valence-electron chi connectivity index (χ3n) is 2.90. The quantitative estimate of drug-likeness (QED) is 0.810. The van der Waals surface area contributed by atoms with Crippen molar-refractivity contribution in [2.24, 2.45) is 0 Å². The smallest absolute Gasteiger partial charge is 0.162 e. The van der Waals surface area contributed by atoms with Crippen molar-refractivity contribution in [2.45, 2.75) is 32.5 Å². The van der Waals surface area contributed by atoms with Crippen molar-refractivity contribution in [3.63, 3.8) is 0 Å². The highest BCUT2D eigenvalue weighted by atomic mass is 16.5. The van der Waals surface area contributed by atoms with Crippen LogP contribution in [0.4, 0.5) is 5.82 Å². The molecule has 1 aliphatic rings. The molecule has 2 N–H and O–H groups in total. The number of rotatable bonds is 2. The maximum Gasteiger partial charge on any atom is 0.162 e. The third-order valence-corrected chi connectivity index (χ3v) is 2.90. The normalized spacial score (nSPS) is 15.9. The summed E-state index contributed by atoms with van der Waals surface area (Å²) in [5, 5.41) is 0. The van der Waals surface area contributed by atoms with Crippen LogP contribution in [0.2, 0.25) is 0 Å². The molecular formula is C11H17N3O2. The van der Waals surface area contributed by atoms with E-state index in [2.05, 4.69) is 9.97 Å². The van der Waals surface area contributed by atoms with Crippen molar-refractivity contribution >= 4 is 5.82 Å². The zero-order chi connectivity index (χ0) is 11.8. The molecule has 2 rings (SSSR count). The van der Waals surface area contributed by atoms with Crippen molar-refractivity contribution in [1.29, 1.82) is 0 Å². The number of aromatic nitrogens is 2. The first kappa shape index (κ1) is 11.3. The maximum atomic E-state index is 5.91. The van der Waals surface area contributed by atoms with Gasteiger partial charge in [-0.15, -0.1) is 0 Å². The van der Waals surface area contributed by atoms with Gasteiger partial charge in [-0.1, -0.05) is 0 Å². The van der Waals surface area contributed by atoms with Crippen molar-refractivity contribution < 1.29 is 9.47 Å². The fourth-order valence-electron chi connectivity index (χ4n) is 1.62. The lowest BCUT2D eigenvalue weighted by molar-refractivity contribution is 0.0109. The number of methoxy groups -OCH3 is 1. The molecule has 2 heterocycles. The van der Waals surface area contributed by atoms with Crippen LogP contribution >= 0.6 is 0 Å². The monoisotopic (exact) mass is 223 g/mol. The second-order valence-electron chi connectivity index (χ2n) is 4.37. The molecular weight excluding hydrogens is 206 g/mol. The second kappa shape index (κ2) is 3.99. The van der Waals surface area contributed by atoms with E-state index >= 15 is 0 Å². The number of nitrogens with two attached hydrogens (primary N) is 1. The number of ether oxygens (including phenoxy) is 2. The van der Waals surface area contributed by atoms with Crippen LogP contribution in [0.5, 0.6) is 0 Å². The summed E-state index contributed by atoms with van der Waals surface area (Å²) in [4.78, 5) is 8.81. The molecule has 5 heteroatoms. The Balaban J connectivity index is 2.47. The predicted molar refractivity (Wildman–Crippen MR) is 59.8 cm³/mol. The van der Waals surface area contributed by atoms with Gasteiger partial charge in [-0.3, -0.25) is 0 Å². The summed E-state index contributed by atoms with van der Waals surface area (Å²) < 4.78 is 10.7. The molecule has 0 radical (unpaired) electrons. The van der Waals surface area contributed by atoms with Gasteiger partial charge in [-0.2, -0.15) is 0 Å². The lowest BCUT2D eigenvalue weighted by atomic mass is 10.1. The van der Waals surface area contributed by atoms with E-state index in [1.54, 1.807) is 7.11 Å². The molecule has 1 aromatic rings. The first-order valence-corrected chi connectivity index (χ1v) is 5.33. The van der Waals surface area contributed by atoms with Crippen LogP contribution in [0.25, 0.3) is 0 Å². The van der Waals surface area contributed by atoms with Crippen LogP contribution in [0.15, 0.2) is 0 Å². The summed E-state index contributed by atoms with van der Waals surface area (Å²) in [5.74, 6) is 1.14. The zero-order valence-corrected chi connectivity index (χ0v) is 9.91. The van der Waals surface area contributed by atoms with E-state index in [9.17, 15) is 0 Å².